The van der Waals surface area contributed by atoms with Crippen molar-refractivity contribution >= 4 is 34.8 Å². The summed E-state index contributed by atoms with van der Waals surface area (Å²) in [5, 5.41) is 7.07. The number of amides is 4. The Hall–Kier alpha value is -6.64. The minimum Gasteiger partial charge on any atom is -0.488 e. The molecule has 4 amide bonds. The molecule has 4 N–H and O–H groups in total. The normalized spacial score (nSPS) is 15.4. The van der Waals surface area contributed by atoms with Crippen LogP contribution in [-0.2, 0) is 32.2 Å². The molecule has 1 fully saturated rings. The molecular weight excluding hydrogens is 729 g/mol. The van der Waals surface area contributed by atoms with Crippen LogP contribution in [0.5, 0.6) is 5.75 Å². The van der Waals surface area contributed by atoms with E-state index in [4.69, 9.17) is 4.74 Å². The molecule has 2 aromatic heterocycles. The highest BCUT2D eigenvalue weighted by molar-refractivity contribution is 5.98. The summed E-state index contributed by atoms with van der Waals surface area (Å²) < 4.78 is 15.7. The van der Waals surface area contributed by atoms with Gasteiger partial charge in [0.25, 0.3) is 0 Å². The van der Waals surface area contributed by atoms with E-state index >= 15 is 0 Å². The lowest BCUT2D eigenvalue weighted by atomic mass is 9.92. The Kier molecular flexibility index (Phi) is 11.3. The summed E-state index contributed by atoms with van der Waals surface area (Å²) in [6.45, 7) is 9.00. The van der Waals surface area contributed by atoms with Crippen molar-refractivity contribution in [2.24, 2.45) is 0 Å². The third-order valence-corrected chi connectivity index (χ3v) is 10.4. The molecule has 4 heterocycles. The highest BCUT2D eigenvalue weighted by Gasteiger charge is 2.35. The summed E-state index contributed by atoms with van der Waals surface area (Å²) in [5.74, 6) is 1.65. The molecule has 15 nitrogen and oxygen atoms in total. The molecule has 0 saturated carbocycles. The molecule has 1 saturated heterocycles. The summed E-state index contributed by atoms with van der Waals surface area (Å²) in [7, 11) is 2.51. The SMILES string of the molecule is C=C[C@H](NC(=O)OC)C(=O)N(CCC)Cc1ncc(-c2ccc3c4c(ccc3c2)-c2ccc(-c3cnc([C@@H]5CCCN5C(=O)[C@H](C)NC(=O)OC)[nH]3)cc2CO4)[nH]1. The van der Waals surface area contributed by atoms with Gasteiger partial charge in [-0.15, -0.1) is 6.58 Å². The van der Waals surface area contributed by atoms with Crippen LogP contribution in [0.3, 0.4) is 0 Å². The van der Waals surface area contributed by atoms with Crippen molar-refractivity contribution in [1.29, 1.82) is 0 Å². The second kappa shape index (κ2) is 16.6. The van der Waals surface area contributed by atoms with Crippen LogP contribution in [0.15, 0.2) is 73.6 Å². The second-order valence-electron chi connectivity index (χ2n) is 14.1. The third-order valence-electron chi connectivity index (χ3n) is 10.4. The van der Waals surface area contributed by atoms with Crippen LogP contribution in [-0.4, -0.2) is 93.1 Å². The van der Waals surface area contributed by atoms with Gasteiger partial charge in [-0.1, -0.05) is 43.3 Å². The number of alkyl carbamates (subject to hydrolysis) is 2. The minimum atomic E-state index is -0.923. The van der Waals surface area contributed by atoms with Gasteiger partial charge in [0.1, 0.15) is 36.1 Å². The quantitative estimate of drug-likeness (QED) is 0.107. The third kappa shape index (κ3) is 7.90. The van der Waals surface area contributed by atoms with Crippen molar-refractivity contribution in [2.45, 2.75) is 64.4 Å². The zero-order chi connectivity index (χ0) is 40.2. The predicted octanol–water partition coefficient (Wildman–Crippen LogP) is 6.24. The van der Waals surface area contributed by atoms with Crippen LogP contribution in [0.1, 0.15) is 56.4 Å². The average Bonchev–Trinajstić information content (AvgIpc) is 4.03. The van der Waals surface area contributed by atoms with Crippen LogP contribution in [0, 0.1) is 0 Å². The van der Waals surface area contributed by atoms with E-state index < -0.39 is 24.3 Å². The van der Waals surface area contributed by atoms with Crippen molar-refractivity contribution in [3.05, 3.63) is 90.8 Å². The van der Waals surface area contributed by atoms with Crippen LogP contribution in [0.25, 0.3) is 44.4 Å². The molecule has 57 heavy (non-hydrogen) atoms. The maximum atomic E-state index is 13.2. The molecule has 0 radical (unpaired) electrons. The number of fused-ring (bicyclic) bond motifs is 5. The lowest BCUT2D eigenvalue weighted by Crippen LogP contribution is -2.47. The molecule has 2 aliphatic heterocycles. The van der Waals surface area contributed by atoms with Gasteiger partial charge < -0.3 is 44.6 Å². The first kappa shape index (κ1) is 38.6. The van der Waals surface area contributed by atoms with Gasteiger partial charge in [0.05, 0.1) is 50.6 Å². The van der Waals surface area contributed by atoms with Crippen molar-refractivity contribution in [1.82, 2.24) is 40.4 Å². The average molecular weight is 775 g/mol. The number of ether oxygens (including phenoxy) is 3. The fraction of sp³-hybridized carbons (Fsp3) is 0.333. The first-order valence-electron chi connectivity index (χ1n) is 19.0. The van der Waals surface area contributed by atoms with E-state index in [1.54, 1.807) is 29.1 Å². The number of aromatic nitrogens is 4. The van der Waals surface area contributed by atoms with Crippen LogP contribution in [0.2, 0.25) is 0 Å². The van der Waals surface area contributed by atoms with Gasteiger partial charge in [-0.25, -0.2) is 19.6 Å². The number of aromatic amines is 2. The highest BCUT2D eigenvalue weighted by Crippen LogP contribution is 2.44. The van der Waals surface area contributed by atoms with E-state index in [1.807, 2.05) is 13.0 Å². The van der Waals surface area contributed by atoms with Gasteiger partial charge in [-0.2, -0.15) is 0 Å². The molecular formula is C42H46N8O7. The molecule has 0 bridgehead atoms. The Labute approximate surface area is 329 Å². The van der Waals surface area contributed by atoms with Gasteiger partial charge in [0.15, 0.2) is 0 Å². The molecule has 3 aromatic carbocycles. The van der Waals surface area contributed by atoms with Crippen LogP contribution < -0.4 is 15.4 Å². The summed E-state index contributed by atoms with van der Waals surface area (Å²) in [6, 6.07) is 14.8. The molecule has 3 atom stereocenters. The van der Waals surface area contributed by atoms with Gasteiger partial charge in [-0.05, 0) is 66.5 Å². The van der Waals surface area contributed by atoms with Crippen molar-refractivity contribution in [3.8, 4) is 39.4 Å². The lowest BCUT2D eigenvalue weighted by molar-refractivity contribution is -0.134. The Morgan fingerprint density at radius 2 is 1.70 bits per heavy atom. The van der Waals surface area contributed by atoms with E-state index in [-0.39, 0.29) is 24.4 Å². The number of hydrogen-bond acceptors (Lipinski definition) is 9. The van der Waals surface area contributed by atoms with Gasteiger partial charge >= 0.3 is 12.2 Å². The Morgan fingerprint density at radius 1 is 0.982 bits per heavy atom. The maximum absolute atomic E-state index is 13.2. The number of imidazole rings is 2. The zero-order valence-corrected chi connectivity index (χ0v) is 32.4. The van der Waals surface area contributed by atoms with Gasteiger partial charge in [0, 0.05) is 29.6 Å². The van der Waals surface area contributed by atoms with E-state index in [0.717, 1.165) is 75.0 Å². The summed E-state index contributed by atoms with van der Waals surface area (Å²) >= 11 is 0. The summed E-state index contributed by atoms with van der Waals surface area (Å²) in [4.78, 5) is 69.3. The van der Waals surface area contributed by atoms with Crippen LogP contribution in [0.4, 0.5) is 9.59 Å². The minimum absolute atomic E-state index is 0.181. The summed E-state index contributed by atoms with van der Waals surface area (Å²) in [5.41, 5.74) is 6.69. The molecule has 0 aliphatic carbocycles. The number of methoxy groups -OCH3 is 2. The molecule has 5 aromatic rings. The fourth-order valence-corrected chi connectivity index (χ4v) is 7.55. The number of likely N-dealkylation sites (tertiary alicyclic amines) is 1. The molecule has 0 unspecified atom stereocenters. The molecule has 15 heteroatoms. The topological polar surface area (TPSA) is 184 Å². The largest absolute Gasteiger partial charge is 0.488 e. The first-order valence-corrected chi connectivity index (χ1v) is 19.0. The van der Waals surface area contributed by atoms with E-state index in [2.05, 4.69) is 89.1 Å². The van der Waals surface area contributed by atoms with Crippen molar-refractivity contribution in [3.63, 3.8) is 0 Å². The van der Waals surface area contributed by atoms with Crippen molar-refractivity contribution in [2.75, 3.05) is 27.3 Å². The van der Waals surface area contributed by atoms with E-state index in [0.29, 0.717) is 31.3 Å². The molecule has 7 rings (SSSR count). The molecule has 296 valence electrons. The zero-order valence-electron chi connectivity index (χ0n) is 32.4. The Balaban J connectivity index is 1.06. The maximum Gasteiger partial charge on any atom is 0.407 e. The number of H-pyrrole nitrogens is 2. The van der Waals surface area contributed by atoms with Gasteiger partial charge in [-0.3, -0.25) is 9.59 Å². The lowest BCUT2D eigenvalue weighted by Gasteiger charge is -2.26. The fourth-order valence-electron chi connectivity index (χ4n) is 7.55. The van der Waals surface area contributed by atoms with E-state index in [1.165, 1.54) is 20.3 Å². The van der Waals surface area contributed by atoms with E-state index in [9.17, 15) is 19.2 Å². The monoisotopic (exact) mass is 774 g/mol. The number of carbonyl (C=O) groups is 4. The van der Waals surface area contributed by atoms with Crippen LogP contribution >= 0.6 is 0 Å². The molecule has 2 aliphatic rings. The Bertz CT molecular complexity index is 2330. The number of hydrogen-bond donors (Lipinski definition) is 4. The van der Waals surface area contributed by atoms with Gasteiger partial charge in [0.2, 0.25) is 11.8 Å². The smallest absolute Gasteiger partial charge is 0.407 e. The number of benzene rings is 3. The Morgan fingerprint density at radius 3 is 2.47 bits per heavy atom. The second-order valence-corrected chi connectivity index (χ2v) is 14.1. The number of rotatable bonds is 12. The molecule has 0 spiro atoms. The van der Waals surface area contributed by atoms with Crippen molar-refractivity contribution < 1.29 is 33.4 Å². The number of nitrogens with zero attached hydrogens (tertiary/aromatic N) is 4. The number of carbonyl (C=O) groups excluding carboxylic acids is 4. The standard InChI is InChI=1S/C42H46N8O7/c1-6-16-49(40(52)32(7-2)48-42(54)56-5)22-36-43-20-33(46-36)26-12-14-30-25(18-26)10-15-31-29-13-11-27(19-28(29)23-57-37(30)31)34-21-44-38(47-34)35-9-8-17-50(35)39(51)24(3)45-41(53)55-4/h7,10-15,18-21,24,32,35H,2,6,8-9,16-17,22-23H2,1,3-5H3,(H,43,46)(H,44,47)(H,45,53)(H,48,54)/t24-,32-,35-/m0/s1. The summed E-state index contributed by atoms with van der Waals surface area (Å²) in [6.07, 6.45) is 5.91. The highest BCUT2D eigenvalue weighted by atomic mass is 16.5. The number of nitrogens with one attached hydrogen (secondary N) is 4. The first-order chi connectivity index (χ1) is 27.6. The predicted molar refractivity (Wildman–Crippen MR) is 213 cm³/mol.